The van der Waals surface area contributed by atoms with Gasteiger partial charge in [-0.05, 0) is 36.5 Å². The third kappa shape index (κ3) is 5.59. The van der Waals surface area contributed by atoms with Gasteiger partial charge in [-0.15, -0.1) is 0 Å². The number of nitrogens with one attached hydrogen (secondary N) is 1. The van der Waals surface area contributed by atoms with Gasteiger partial charge in [-0.1, -0.05) is 25.0 Å². The average Bonchev–Trinajstić information content (AvgIpc) is 2.99. The Balaban J connectivity index is 1.69. The van der Waals surface area contributed by atoms with Crippen LogP contribution in [0.1, 0.15) is 37.7 Å². The number of benzene rings is 1. The van der Waals surface area contributed by atoms with Crippen molar-refractivity contribution in [3.63, 3.8) is 0 Å². The molecule has 0 heterocycles. The molecule has 1 unspecified atom stereocenters. The van der Waals surface area contributed by atoms with Crippen molar-refractivity contribution in [1.82, 2.24) is 0 Å². The third-order valence-corrected chi connectivity index (χ3v) is 5.43. The maximum atomic E-state index is 12.0. The lowest BCUT2D eigenvalue weighted by Gasteiger charge is -2.09. The molecule has 0 spiro atoms. The van der Waals surface area contributed by atoms with E-state index in [-0.39, 0.29) is 5.91 Å². The summed E-state index contributed by atoms with van der Waals surface area (Å²) in [6, 6.07) is 7.48. The minimum atomic E-state index is -0.871. The van der Waals surface area contributed by atoms with E-state index in [0.717, 1.165) is 17.0 Å². The van der Waals surface area contributed by atoms with Gasteiger partial charge in [0.05, 0.1) is 0 Å². The predicted octanol–water partition coefficient (Wildman–Crippen LogP) is 2.41. The highest BCUT2D eigenvalue weighted by Gasteiger charge is 2.18. The fraction of sp³-hybridized carbons (Fsp3) is 0.562. The number of hydrogen-bond acceptors (Lipinski definition) is 3. The van der Waals surface area contributed by atoms with Crippen LogP contribution in [0, 0.1) is 5.92 Å². The van der Waals surface area contributed by atoms with Crippen LogP contribution < -0.4 is 11.1 Å². The molecule has 0 aliphatic heterocycles. The van der Waals surface area contributed by atoms with Crippen LogP contribution in [0.2, 0.25) is 0 Å². The van der Waals surface area contributed by atoms with Crippen LogP contribution in [-0.4, -0.2) is 21.6 Å². The monoisotopic (exact) mass is 308 g/mol. The van der Waals surface area contributed by atoms with Gasteiger partial charge in [0, 0.05) is 41.0 Å². The summed E-state index contributed by atoms with van der Waals surface area (Å²) in [6.45, 7) is 0.494. The third-order valence-electron chi connectivity index (χ3n) is 3.93. The second-order valence-corrected chi connectivity index (χ2v) is 7.28. The Morgan fingerprint density at radius 3 is 2.52 bits per heavy atom. The number of hydrogen-bond donors (Lipinski definition) is 2. The van der Waals surface area contributed by atoms with E-state index in [1.807, 2.05) is 24.3 Å². The number of carbonyl (C=O) groups excluding carboxylic acids is 1. The molecule has 1 aliphatic rings. The van der Waals surface area contributed by atoms with Crippen LogP contribution in [0.3, 0.4) is 0 Å². The van der Waals surface area contributed by atoms with Gasteiger partial charge in [-0.25, -0.2) is 0 Å². The van der Waals surface area contributed by atoms with Crippen molar-refractivity contribution >= 4 is 22.4 Å². The summed E-state index contributed by atoms with van der Waals surface area (Å²) in [5, 5.41) is 2.83. The number of anilines is 1. The molecular formula is C16H24N2O2S. The van der Waals surface area contributed by atoms with Gasteiger partial charge in [0.25, 0.3) is 0 Å². The van der Waals surface area contributed by atoms with E-state index in [1.54, 1.807) is 0 Å². The van der Waals surface area contributed by atoms with E-state index in [9.17, 15) is 9.00 Å². The summed E-state index contributed by atoms with van der Waals surface area (Å²) in [6.07, 6.45) is 5.25. The second-order valence-electron chi connectivity index (χ2n) is 5.66. The van der Waals surface area contributed by atoms with Crippen molar-refractivity contribution in [2.45, 2.75) is 38.6 Å². The van der Waals surface area contributed by atoms with E-state index in [4.69, 9.17) is 5.73 Å². The Kier molecular flexibility index (Phi) is 6.39. The number of carbonyl (C=O) groups is 1. The minimum Gasteiger partial charge on any atom is -0.326 e. The minimum absolute atomic E-state index is 0.0738. The van der Waals surface area contributed by atoms with E-state index >= 15 is 0 Å². The lowest BCUT2D eigenvalue weighted by Crippen LogP contribution is -2.17. The van der Waals surface area contributed by atoms with Crippen molar-refractivity contribution in [3.05, 3.63) is 29.8 Å². The smallest absolute Gasteiger partial charge is 0.225 e. The molecule has 1 amide bonds. The SMILES string of the molecule is NCc1ccc(NC(=O)CCS(=O)CC2CCCC2)cc1. The summed E-state index contributed by atoms with van der Waals surface area (Å²) < 4.78 is 12.0. The first kappa shape index (κ1) is 16.2. The zero-order chi connectivity index (χ0) is 15.1. The maximum Gasteiger partial charge on any atom is 0.225 e. The molecular weight excluding hydrogens is 284 g/mol. The van der Waals surface area contributed by atoms with Gasteiger partial charge in [-0.2, -0.15) is 0 Å². The van der Waals surface area contributed by atoms with E-state index < -0.39 is 10.8 Å². The predicted molar refractivity (Wildman–Crippen MR) is 87.4 cm³/mol. The Labute approximate surface area is 129 Å². The molecule has 1 aromatic rings. The molecule has 1 aliphatic carbocycles. The Morgan fingerprint density at radius 1 is 1.24 bits per heavy atom. The van der Waals surface area contributed by atoms with Gasteiger partial charge in [-0.3, -0.25) is 9.00 Å². The van der Waals surface area contributed by atoms with Crippen molar-refractivity contribution in [3.8, 4) is 0 Å². The molecule has 1 fully saturated rings. The zero-order valence-electron chi connectivity index (χ0n) is 12.3. The molecule has 0 aromatic heterocycles. The number of amides is 1. The van der Waals surface area contributed by atoms with Gasteiger partial charge < -0.3 is 11.1 Å². The first-order chi connectivity index (χ1) is 10.2. The highest BCUT2D eigenvalue weighted by atomic mass is 32.2. The van der Waals surface area contributed by atoms with Crippen molar-refractivity contribution < 1.29 is 9.00 Å². The number of rotatable bonds is 7. The van der Waals surface area contributed by atoms with Crippen LogP contribution in [0.25, 0.3) is 0 Å². The maximum absolute atomic E-state index is 12.0. The summed E-state index contributed by atoms with van der Waals surface area (Å²) in [7, 11) is -0.871. The summed E-state index contributed by atoms with van der Waals surface area (Å²) in [4.78, 5) is 11.8. The van der Waals surface area contributed by atoms with Crippen molar-refractivity contribution in [2.24, 2.45) is 11.7 Å². The molecule has 0 bridgehead atoms. The lowest BCUT2D eigenvalue weighted by atomic mass is 10.1. The number of nitrogens with two attached hydrogens (primary N) is 1. The average molecular weight is 308 g/mol. The van der Waals surface area contributed by atoms with Crippen molar-refractivity contribution in [1.29, 1.82) is 0 Å². The largest absolute Gasteiger partial charge is 0.326 e. The Bertz CT molecular complexity index is 482. The fourth-order valence-electron chi connectivity index (χ4n) is 2.68. The first-order valence-corrected chi connectivity index (χ1v) is 9.10. The highest BCUT2D eigenvalue weighted by Crippen LogP contribution is 2.25. The van der Waals surface area contributed by atoms with Crippen LogP contribution in [0.4, 0.5) is 5.69 Å². The molecule has 1 aromatic carbocycles. The lowest BCUT2D eigenvalue weighted by molar-refractivity contribution is -0.115. The molecule has 3 N–H and O–H groups in total. The quantitative estimate of drug-likeness (QED) is 0.812. The molecule has 1 atom stereocenters. The van der Waals surface area contributed by atoms with Crippen LogP contribution in [-0.2, 0) is 22.1 Å². The van der Waals surface area contributed by atoms with E-state index in [0.29, 0.717) is 24.6 Å². The summed E-state index contributed by atoms with van der Waals surface area (Å²) >= 11 is 0. The molecule has 21 heavy (non-hydrogen) atoms. The van der Waals surface area contributed by atoms with Gasteiger partial charge >= 0.3 is 0 Å². The standard InChI is InChI=1S/C16H24N2O2S/c17-11-13-5-7-15(8-6-13)18-16(19)9-10-21(20)12-14-3-1-2-4-14/h5-8,14H,1-4,9-12,17H2,(H,18,19). The zero-order valence-corrected chi connectivity index (χ0v) is 13.2. The molecule has 4 nitrogen and oxygen atoms in total. The topological polar surface area (TPSA) is 72.2 Å². The van der Waals surface area contributed by atoms with E-state index in [2.05, 4.69) is 5.32 Å². The molecule has 2 rings (SSSR count). The van der Waals surface area contributed by atoms with Gasteiger partial charge in [0.15, 0.2) is 0 Å². The summed E-state index contributed by atoms with van der Waals surface area (Å²) in [5.41, 5.74) is 7.32. The van der Waals surface area contributed by atoms with E-state index in [1.165, 1.54) is 25.7 Å². The Morgan fingerprint density at radius 2 is 1.90 bits per heavy atom. The Hall–Kier alpha value is -1.20. The molecule has 116 valence electrons. The first-order valence-electron chi connectivity index (χ1n) is 7.61. The molecule has 0 saturated heterocycles. The van der Waals surface area contributed by atoms with Crippen LogP contribution in [0.5, 0.6) is 0 Å². The van der Waals surface area contributed by atoms with Gasteiger partial charge in [0.2, 0.25) is 5.91 Å². The molecule has 5 heteroatoms. The van der Waals surface area contributed by atoms with Crippen LogP contribution >= 0.6 is 0 Å². The molecule has 0 radical (unpaired) electrons. The summed E-state index contributed by atoms with van der Waals surface area (Å²) in [5.74, 6) is 1.76. The van der Waals surface area contributed by atoms with Crippen molar-refractivity contribution in [2.75, 3.05) is 16.8 Å². The normalized spacial score (nSPS) is 16.8. The second kappa shape index (κ2) is 8.29. The van der Waals surface area contributed by atoms with Crippen LogP contribution in [0.15, 0.2) is 24.3 Å². The molecule has 1 saturated carbocycles. The highest BCUT2D eigenvalue weighted by molar-refractivity contribution is 7.85. The van der Waals surface area contributed by atoms with Gasteiger partial charge in [0.1, 0.15) is 0 Å². The fourth-order valence-corrected chi connectivity index (χ4v) is 4.12.